The third-order valence-corrected chi connectivity index (χ3v) is 7.18. The Kier molecular flexibility index (Phi) is 7.72. The maximum absolute atomic E-state index is 13.5. The van der Waals surface area contributed by atoms with E-state index in [0.29, 0.717) is 44.4 Å². The summed E-state index contributed by atoms with van der Waals surface area (Å²) < 4.78 is 38.0. The maximum atomic E-state index is 13.5. The van der Waals surface area contributed by atoms with Crippen LogP contribution in [0.25, 0.3) is 11.1 Å². The van der Waals surface area contributed by atoms with Crippen molar-refractivity contribution >= 4 is 22.4 Å². The predicted molar refractivity (Wildman–Crippen MR) is 136 cm³/mol. The first-order chi connectivity index (χ1) is 18.0. The van der Waals surface area contributed by atoms with Crippen LogP contribution < -0.4 is 10.1 Å². The average Bonchev–Trinajstić information content (AvgIpc) is 3.64. The Bertz CT molecular complexity index is 1340. The quantitative estimate of drug-likeness (QED) is 0.409. The number of amides is 1. The third-order valence-electron chi connectivity index (χ3n) is 6.42. The maximum Gasteiger partial charge on any atom is 0.280 e. The molecule has 2 fully saturated rings. The molecule has 1 amide bonds. The molecule has 1 aromatic carbocycles. The largest absolute Gasteiger partial charge is 0.494 e. The van der Waals surface area contributed by atoms with E-state index in [1.165, 1.54) is 30.7 Å². The lowest BCUT2D eigenvalue weighted by Gasteiger charge is -2.22. The summed E-state index contributed by atoms with van der Waals surface area (Å²) in [5.74, 6) is 6.87. The van der Waals surface area contributed by atoms with Gasteiger partial charge in [0.2, 0.25) is 5.13 Å². The number of hydrogen-bond acceptors (Lipinski definition) is 7. The zero-order valence-electron chi connectivity index (χ0n) is 20.3. The van der Waals surface area contributed by atoms with Crippen LogP contribution in [0.15, 0.2) is 30.5 Å². The summed E-state index contributed by atoms with van der Waals surface area (Å²) in [6.45, 7) is 1.45. The minimum Gasteiger partial charge on any atom is -0.494 e. The van der Waals surface area contributed by atoms with E-state index in [4.69, 9.17) is 9.47 Å². The Morgan fingerprint density at radius 3 is 2.73 bits per heavy atom. The fraction of sp³-hybridized carbons (Fsp3) is 0.407. The first kappa shape index (κ1) is 25.2. The van der Waals surface area contributed by atoms with Crippen molar-refractivity contribution in [1.82, 2.24) is 15.2 Å². The number of anilines is 1. The molecule has 1 aliphatic carbocycles. The van der Waals surface area contributed by atoms with Gasteiger partial charge in [0.15, 0.2) is 5.01 Å². The summed E-state index contributed by atoms with van der Waals surface area (Å²) in [6.07, 6.45) is 3.42. The zero-order chi connectivity index (χ0) is 25.8. The molecule has 1 saturated heterocycles. The van der Waals surface area contributed by atoms with Gasteiger partial charge in [-0.1, -0.05) is 29.4 Å². The molecule has 0 spiro atoms. The van der Waals surface area contributed by atoms with Gasteiger partial charge < -0.3 is 9.47 Å². The number of hydrogen-bond donors (Lipinski definition) is 1. The van der Waals surface area contributed by atoms with Crippen LogP contribution in [0, 0.1) is 23.7 Å². The van der Waals surface area contributed by atoms with Crippen LogP contribution in [0.1, 0.15) is 58.7 Å². The minimum atomic E-state index is -2.76. The summed E-state index contributed by atoms with van der Waals surface area (Å²) >= 11 is 1.19. The second-order valence-corrected chi connectivity index (χ2v) is 10.1. The van der Waals surface area contributed by atoms with E-state index in [-0.39, 0.29) is 5.69 Å². The van der Waals surface area contributed by atoms with E-state index >= 15 is 0 Å². The normalized spacial score (nSPS) is 15.8. The van der Waals surface area contributed by atoms with E-state index in [9.17, 15) is 13.6 Å². The number of carbonyl (C=O) groups excluding carboxylic acids is 1. The van der Waals surface area contributed by atoms with Crippen molar-refractivity contribution in [2.75, 3.05) is 25.6 Å². The molecule has 2 aromatic heterocycles. The van der Waals surface area contributed by atoms with Gasteiger partial charge in [-0.25, -0.2) is 8.78 Å². The Labute approximate surface area is 217 Å². The van der Waals surface area contributed by atoms with Crippen molar-refractivity contribution in [2.45, 2.75) is 38.5 Å². The van der Waals surface area contributed by atoms with Gasteiger partial charge in [0, 0.05) is 30.3 Å². The average molecular weight is 525 g/mol. The van der Waals surface area contributed by atoms with Crippen molar-refractivity contribution < 1.29 is 23.0 Å². The number of benzene rings is 1. The molecular formula is C27H26F2N4O3S. The molecule has 7 nitrogen and oxygen atoms in total. The molecule has 0 unspecified atom stereocenters. The first-order valence-electron chi connectivity index (χ1n) is 12.2. The van der Waals surface area contributed by atoms with E-state index in [0.717, 1.165) is 50.9 Å². The number of pyridine rings is 1. The van der Waals surface area contributed by atoms with Gasteiger partial charge in [-0.05, 0) is 67.2 Å². The van der Waals surface area contributed by atoms with E-state index < -0.39 is 12.3 Å². The SMILES string of the molecule is COc1cnc(C(F)F)cc1-c1cc(CC2CCOCC2)ccc1C(=O)Nc1nnc(C#CC2CC2)s1. The molecule has 1 aliphatic heterocycles. The standard InChI is InChI=1S/C27H26F2N4O3S/c1-35-23-15-30-22(25(28)29)14-21(23)20-13-18(12-17-8-10-36-11-9-17)4-6-19(20)26(34)31-27-33-32-24(37-27)7-5-16-2-3-16/h4,6,13-17,25H,2-3,8-12H2,1H3,(H,31,33,34). The van der Waals surface area contributed by atoms with Crippen LogP contribution in [0.3, 0.4) is 0 Å². The molecule has 3 heterocycles. The number of alkyl halides is 2. The Hall–Kier alpha value is -3.42. The van der Waals surface area contributed by atoms with Crippen LogP contribution >= 0.6 is 11.3 Å². The minimum absolute atomic E-state index is 0.301. The molecular weight excluding hydrogens is 498 g/mol. The van der Waals surface area contributed by atoms with Crippen LogP contribution in [-0.2, 0) is 11.2 Å². The first-order valence-corrected chi connectivity index (χ1v) is 13.0. The van der Waals surface area contributed by atoms with Gasteiger partial charge in [-0.3, -0.25) is 15.1 Å². The van der Waals surface area contributed by atoms with Gasteiger partial charge in [-0.2, -0.15) is 0 Å². The number of aromatic nitrogens is 3. The van der Waals surface area contributed by atoms with Gasteiger partial charge in [0.05, 0.1) is 13.3 Å². The lowest BCUT2D eigenvalue weighted by molar-refractivity contribution is 0.0665. The van der Waals surface area contributed by atoms with Crippen molar-refractivity contribution in [1.29, 1.82) is 0 Å². The van der Waals surface area contributed by atoms with Crippen molar-refractivity contribution in [2.24, 2.45) is 11.8 Å². The number of nitrogens with zero attached hydrogens (tertiary/aromatic N) is 3. The molecule has 2 aliphatic rings. The molecule has 3 aromatic rings. The van der Waals surface area contributed by atoms with Gasteiger partial charge >= 0.3 is 0 Å². The van der Waals surface area contributed by atoms with Crippen LogP contribution in [0.2, 0.25) is 0 Å². The highest BCUT2D eigenvalue weighted by molar-refractivity contribution is 7.15. The summed E-state index contributed by atoms with van der Waals surface area (Å²) in [7, 11) is 1.44. The Morgan fingerprint density at radius 1 is 1.19 bits per heavy atom. The number of nitrogens with one attached hydrogen (secondary N) is 1. The Morgan fingerprint density at radius 2 is 2.00 bits per heavy atom. The number of halogens is 2. The van der Waals surface area contributed by atoms with Gasteiger partial charge in [0.1, 0.15) is 11.4 Å². The second kappa shape index (κ2) is 11.3. The number of methoxy groups -OCH3 is 1. The summed E-state index contributed by atoms with van der Waals surface area (Å²) in [5, 5.41) is 11.7. The van der Waals surface area contributed by atoms with Crippen LogP contribution in [0.5, 0.6) is 5.75 Å². The molecule has 37 heavy (non-hydrogen) atoms. The van der Waals surface area contributed by atoms with E-state index in [2.05, 4.69) is 32.3 Å². The summed E-state index contributed by atoms with van der Waals surface area (Å²) in [4.78, 5) is 17.2. The third kappa shape index (κ3) is 6.29. The smallest absolute Gasteiger partial charge is 0.280 e. The van der Waals surface area contributed by atoms with Crippen LogP contribution in [-0.4, -0.2) is 41.4 Å². The van der Waals surface area contributed by atoms with E-state index in [1.807, 2.05) is 12.1 Å². The van der Waals surface area contributed by atoms with Crippen molar-refractivity contribution in [3.63, 3.8) is 0 Å². The number of rotatable bonds is 7. The second-order valence-electron chi connectivity index (χ2n) is 9.16. The molecule has 1 saturated carbocycles. The van der Waals surface area contributed by atoms with E-state index in [1.54, 1.807) is 6.07 Å². The molecule has 5 rings (SSSR count). The Balaban J connectivity index is 1.48. The molecule has 1 N–H and O–H groups in total. The lowest BCUT2D eigenvalue weighted by Crippen LogP contribution is -2.18. The van der Waals surface area contributed by atoms with Gasteiger partial charge in [0.25, 0.3) is 12.3 Å². The molecule has 0 bridgehead atoms. The highest BCUT2D eigenvalue weighted by atomic mass is 32.1. The fourth-order valence-electron chi connectivity index (χ4n) is 4.25. The molecule has 0 radical (unpaired) electrons. The molecule has 192 valence electrons. The molecule has 0 atom stereocenters. The monoisotopic (exact) mass is 524 g/mol. The summed E-state index contributed by atoms with van der Waals surface area (Å²) in [6, 6.07) is 6.78. The van der Waals surface area contributed by atoms with Crippen molar-refractivity contribution in [3.8, 4) is 28.7 Å². The van der Waals surface area contributed by atoms with Gasteiger partial charge in [-0.15, -0.1) is 10.2 Å². The predicted octanol–water partition coefficient (Wildman–Crippen LogP) is 5.53. The fourth-order valence-corrected chi connectivity index (χ4v) is 4.85. The summed E-state index contributed by atoms with van der Waals surface area (Å²) in [5.41, 5.74) is 1.78. The number of ether oxygens (including phenoxy) is 2. The molecule has 10 heteroatoms. The zero-order valence-corrected chi connectivity index (χ0v) is 21.1. The topological polar surface area (TPSA) is 86.2 Å². The highest BCUT2D eigenvalue weighted by Gasteiger charge is 2.22. The van der Waals surface area contributed by atoms with Crippen molar-refractivity contribution in [3.05, 3.63) is 52.3 Å². The number of carbonyl (C=O) groups is 1. The highest BCUT2D eigenvalue weighted by Crippen LogP contribution is 2.36. The lowest BCUT2D eigenvalue weighted by atomic mass is 9.89. The van der Waals surface area contributed by atoms with Crippen LogP contribution in [0.4, 0.5) is 13.9 Å².